The second kappa shape index (κ2) is 8.47. The van der Waals surface area contributed by atoms with Gasteiger partial charge in [0.25, 0.3) is 0 Å². The zero-order chi connectivity index (χ0) is 17.6. The van der Waals surface area contributed by atoms with Crippen molar-refractivity contribution in [3.8, 4) is 11.8 Å². The molecule has 0 aromatic carbocycles. The predicted octanol–water partition coefficient (Wildman–Crippen LogP) is 2.94. The molecule has 6 heteroatoms. The number of pyridine rings is 2. The fourth-order valence-corrected chi connectivity index (χ4v) is 3.38. The van der Waals surface area contributed by atoms with Crippen molar-refractivity contribution in [2.24, 2.45) is 0 Å². The fourth-order valence-electron chi connectivity index (χ4n) is 3.38. The number of hydrogen-bond donors (Lipinski definition) is 0. The minimum absolute atomic E-state index is 0.375. The summed E-state index contributed by atoms with van der Waals surface area (Å²) in [5, 5.41) is 0. The van der Waals surface area contributed by atoms with Gasteiger partial charge in [-0.05, 0) is 25.0 Å². The molecular formula is C20H24N2O4. The maximum Gasteiger partial charge on any atom is 0.213 e. The smallest absolute Gasteiger partial charge is 0.213 e. The molecule has 2 atom stereocenters. The number of hydrogen-bond acceptors (Lipinski definition) is 6. The van der Waals surface area contributed by atoms with Crippen LogP contribution in [0, 0.1) is 0 Å². The summed E-state index contributed by atoms with van der Waals surface area (Å²) in [4.78, 5) is 9.39. The van der Waals surface area contributed by atoms with Gasteiger partial charge in [-0.3, -0.25) is 0 Å². The van der Waals surface area contributed by atoms with Crippen LogP contribution in [0.15, 0.2) is 36.4 Å². The number of rotatable bonds is 0. The first-order chi connectivity index (χ1) is 12.9. The third-order valence-electron chi connectivity index (χ3n) is 4.85. The quantitative estimate of drug-likeness (QED) is 0.723. The van der Waals surface area contributed by atoms with E-state index in [0.717, 1.165) is 24.2 Å². The number of aromatic nitrogens is 2. The normalized spacial score (nSPS) is 24.0. The Morgan fingerprint density at radius 3 is 1.54 bits per heavy atom. The van der Waals surface area contributed by atoms with E-state index in [4.69, 9.17) is 28.9 Å². The van der Waals surface area contributed by atoms with E-state index >= 15 is 0 Å². The van der Waals surface area contributed by atoms with E-state index in [9.17, 15) is 0 Å². The second-order valence-electron chi connectivity index (χ2n) is 6.51. The van der Waals surface area contributed by atoms with Crippen molar-refractivity contribution in [1.82, 2.24) is 9.97 Å². The highest BCUT2D eigenvalue weighted by Gasteiger charge is 2.35. The van der Waals surface area contributed by atoms with Crippen LogP contribution in [0.2, 0.25) is 0 Å². The Morgan fingerprint density at radius 2 is 1.08 bits per heavy atom. The third kappa shape index (κ3) is 4.14. The lowest BCUT2D eigenvalue weighted by atomic mass is 9.70. The highest BCUT2D eigenvalue weighted by Crippen LogP contribution is 2.48. The molecule has 4 rings (SSSR count). The Hall–Kier alpha value is -2.18. The van der Waals surface area contributed by atoms with Crippen LogP contribution in [0.3, 0.4) is 0 Å². The molecule has 0 N–H and O–H groups in total. The summed E-state index contributed by atoms with van der Waals surface area (Å²) < 4.78 is 22.5. The lowest BCUT2D eigenvalue weighted by Crippen LogP contribution is -2.24. The molecule has 2 aromatic heterocycles. The highest BCUT2D eigenvalue weighted by molar-refractivity contribution is 5.28. The lowest BCUT2D eigenvalue weighted by Gasteiger charge is -2.36. The average Bonchev–Trinajstić information content (AvgIpc) is 2.62. The SMILES string of the molecule is c1cc2nc(c1)[C@H]1CC[C@H]1c1cccc(n1)OCCOCCOCCO2. The average molecular weight is 356 g/mol. The van der Waals surface area contributed by atoms with E-state index in [1.165, 1.54) is 0 Å². The standard InChI is InChI=1S/C20H24N2O4/c1-3-17-15-7-8-16(15)18-4-2-6-20(22-18)26-14-12-24-10-9-23-11-13-25-19(5-1)21-17/h1-6,15-16H,7-14H2/t15-,16+. The van der Waals surface area contributed by atoms with Crippen LogP contribution in [0.25, 0.3) is 0 Å². The molecule has 0 spiro atoms. The minimum Gasteiger partial charge on any atom is -0.475 e. The van der Waals surface area contributed by atoms with E-state index < -0.39 is 0 Å². The first-order valence-electron chi connectivity index (χ1n) is 9.25. The van der Waals surface area contributed by atoms with E-state index in [2.05, 4.69) is 12.1 Å². The van der Waals surface area contributed by atoms with E-state index in [1.807, 2.05) is 24.3 Å². The predicted molar refractivity (Wildman–Crippen MR) is 95.8 cm³/mol. The molecular weight excluding hydrogens is 332 g/mol. The maximum atomic E-state index is 5.73. The van der Waals surface area contributed by atoms with Crippen molar-refractivity contribution in [1.29, 1.82) is 0 Å². The van der Waals surface area contributed by atoms with Gasteiger partial charge in [0.15, 0.2) is 0 Å². The van der Waals surface area contributed by atoms with Crippen molar-refractivity contribution < 1.29 is 18.9 Å². The summed E-state index contributed by atoms with van der Waals surface area (Å²) in [6.07, 6.45) is 2.23. The molecule has 0 unspecified atom stereocenters. The molecule has 2 aromatic rings. The van der Waals surface area contributed by atoms with Crippen LogP contribution in [-0.2, 0) is 9.47 Å². The van der Waals surface area contributed by atoms with Gasteiger partial charge in [0.1, 0.15) is 13.2 Å². The van der Waals surface area contributed by atoms with Crippen LogP contribution in [0.5, 0.6) is 11.8 Å². The Labute approximate surface area is 153 Å². The first kappa shape index (κ1) is 17.2. The van der Waals surface area contributed by atoms with Gasteiger partial charge in [0.05, 0.1) is 26.4 Å². The molecule has 1 saturated carbocycles. The number of fused-ring (bicyclic) bond motifs is 7. The molecule has 6 nitrogen and oxygen atoms in total. The van der Waals surface area contributed by atoms with Gasteiger partial charge in [-0.15, -0.1) is 0 Å². The second-order valence-corrected chi connectivity index (χ2v) is 6.51. The fraction of sp³-hybridized carbons (Fsp3) is 0.500. The molecule has 3 heterocycles. The Bertz CT molecular complexity index is 663. The molecule has 1 fully saturated rings. The van der Waals surface area contributed by atoms with E-state index in [-0.39, 0.29) is 0 Å². The van der Waals surface area contributed by atoms with Crippen molar-refractivity contribution in [3.63, 3.8) is 0 Å². The molecule has 1 aliphatic carbocycles. The van der Waals surface area contributed by atoms with E-state index in [0.29, 0.717) is 63.2 Å². The molecule has 26 heavy (non-hydrogen) atoms. The van der Waals surface area contributed by atoms with E-state index in [1.54, 1.807) is 0 Å². The topological polar surface area (TPSA) is 62.7 Å². The van der Waals surface area contributed by atoms with Gasteiger partial charge in [-0.2, -0.15) is 0 Å². The minimum atomic E-state index is 0.375. The van der Waals surface area contributed by atoms with Gasteiger partial charge in [0, 0.05) is 35.4 Å². The summed E-state index contributed by atoms with van der Waals surface area (Å²) in [5.74, 6) is 2.05. The number of nitrogens with zero attached hydrogens (tertiary/aromatic N) is 2. The van der Waals surface area contributed by atoms with Crippen LogP contribution < -0.4 is 9.47 Å². The maximum absolute atomic E-state index is 5.73. The molecule has 0 amide bonds. The first-order valence-corrected chi connectivity index (χ1v) is 9.25. The van der Waals surface area contributed by atoms with Crippen molar-refractivity contribution in [2.45, 2.75) is 24.7 Å². The summed E-state index contributed by atoms with van der Waals surface area (Å²) in [7, 11) is 0. The van der Waals surface area contributed by atoms with Gasteiger partial charge in [-0.25, -0.2) is 9.97 Å². The molecule has 1 aliphatic heterocycles. The Morgan fingerprint density at radius 1 is 0.615 bits per heavy atom. The zero-order valence-corrected chi connectivity index (χ0v) is 14.8. The largest absolute Gasteiger partial charge is 0.475 e. The zero-order valence-electron chi connectivity index (χ0n) is 14.8. The summed E-state index contributed by atoms with van der Waals surface area (Å²) >= 11 is 0. The van der Waals surface area contributed by atoms with Crippen molar-refractivity contribution in [3.05, 3.63) is 47.8 Å². The van der Waals surface area contributed by atoms with Gasteiger partial charge < -0.3 is 18.9 Å². The lowest BCUT2D eigenvalue weighted by molar-refractivity contribution is 0.0264. The summed E-state index contributed by atoms with van der Waals surface area (Å²) in [6, 6.07) is 12.0. The van der Waals surface area contributed by atoms with Crippen molar-refractivity contribution >= 4 is 0 Å². The van der Waals surface area contributed by atoms with Crippen LogP contribution in [0.1, 0.15) is 36.1 Å². The monoisotopic (exact) mass is 356 g/mol. The van der Waals surface area contributed by atoms with Crippen LogP contribution >= 0.6 is 0 Å². The molecule has 2 aliphatic rings. The van der Waals surface area contributed by atoms with Gasteiger partial charge in [0.2, 0.25) is 11.8 Å². The highest BCUT2D eigenvalue weighted by atomic mass is 16.6. The number of ether oxygens (including phenoxy) is 4. The molecule has 0 radical (unpaired) electrons. The Balaban J connectivity index is 1.54. The molecule has 0 saturated heterocycles. The van der Waals surface area contributed by atoms with Crippen LogP contribution in [0.4, 0.5) is 0 Å². The summed E-state index contributed by atoms with van der Waals surface area (Å²) in [6.45, 7) is 3.08. The summed E-state index contributed by atoms with van der Waals surface area (Å²) in [5.41, 5.74) is 2.14. The Kier molecular flexibility index (Phi) is 5.62. The third-order valence-corrected chi connectivity index (χ3v) is 4.85. The van der Waals surface area contributed by atoms with Gasteiger partial charge >= 0.3 is 0 Å². The van der Waals surface area contributed by atoms with Crippen LogP contribution in [-0.4, -0.2) is 49.6 Å². The van der Waals surface area contributed by atoms with Crippen molar-refractivity contribution in [2.75, 3.05) is 39.6 Å². The van der Waals surface area contributed by atoms with Gasteiger partial charge in [-0.1, -0.05) is 12.1 Å². The molecule has 4 bridgehead atoms. The molecule has 138 valence electrons.